The molecule has 1 fully saturated rings. The summed E-state index contributed by atoms with van der Waals surface area (Å²) in [5.74, 6) is 0.460. The van der Waals surface area contributed by atoms with Gasteiger partial charge in [-0.05, 0) is 18.9 Å². The Morgan fingerprint density at radius 3 is 2.89 bits per heavy atom. The molecule has 1 N–H and O–H groups in total. The Morgan fingerprint density at radius 1 is 1.32 bits per heavy atom. The van der Waals surface area contributed by atoms with Crippen LogP contribution in [0.4, 0.5) is 0 Å². The molecule has 0 aliphatic carbocycles. The van der Waals surface area contributed by atoms with Crippen molar-refractivity contribution < 1.29 is 5.11 Å². The van der Waals surface area contributed by atoms with Gasteiger partial charge in [-0.1, -0.05) is 30.3 Å². The van der Waals surface area contributed by atoms with Crippen molar-refractivity contribution in [1.29, 1.82) is 0 Å². The van der Waals surface area contributed by atoms with Crippen LogP contribution in [-0.4, -0.2) is 34.7 Å². The van der Waals surface area contributed by atoms with Crippen LogP contribution in [0.15, 0.2) is 36.5 Å². The first-order valence-corrected chi connectivity index (χ1v) is 7.50. The number of hydrogen-bond acceptors (Lipinski definition) is 4. The summed E-state index contributed by atoms with van der Waals surface area (Å²) in [4.78, 5) is 8.22. The summed E-state index contributed by atoms with van der Waals surface area (Å²) in [6.45, 7) is 3.37. The monoisotopic (exact) mass is 274 g/mol. The van der Waals surface area contributed by atoms with Crippen LogP contribution in [0.5, 0.6) is 0 Å². The zero-order chi connectivity index (χ0) is 13.1. The van der Waals surface area contributed by atoms with Gasteiger partial charge in [0, 0.05) is 36.3 Å². The van der Waals surface area contributed by atoms with Gasteiger partial charge in [0.2, 0.25) is 0 Å². The van der Waals surface area contributed by atoms with Crippen LogP contribution in [0, 0.1) is 5.92 Å². The third kappa shape index (κ3) is 3.03. The van der Waals surface area contributed by atoms with E-state index in [9.17, 15) is 0 Å². The Bertz CT molecular complexity index is 526. The molecule has 2 heterocycles. The van der Waals surface area contributed by atoms with E-state index < -0.39 is 0 Å². The van der Waals surface area contributed by atoms with Crippen molar-refractivity contribution in [1.82, 2.24) is 9.88 Å². The van der Waals surface area contributed by atoms with E-state index in [1.165, 1.54) is 10.4 Å². The Kier molecular flexibility index (Phi) is 3.92. The first-order valence-electron chi connectivity index (χ1n) is 6.68. The molecule has 1 atom stereocenters. The molecule has 0 spiro atoms. The highest BCUT2D eigenvalue weighted by Crippen LogP contribution is 2.27. The van der Waals surface area contributed by atoms with E-state index in [0.717, 1.165) is 31.1 Å². The van der Waals surface area contributed by atoms with E-state index in [0.29, 0.717) is 12.5 Å². The Labute approximate surface area is 117 Å². The predicted molar refractivity (Wildman–Crippen MR) is 78.0 cm³/mol. The van der Waals surface area contributed by atoms with E-state index in [2.05, 4.69) is 22.0 Å². The normalized spacial score (nSPS) is 19.9. The summed E-state index contributed by atoms with van der Waals surface area (Å²) < 4.78 is 0. The quantitative estimate of drug-likeness (QED) is 0.931. The molecule has 100 valence electrons. The van der Waals surface area contributed by atoms with Crippen molar-refractivity contribution >= 4 is 11.3 Å². The second kappa shape index (κ2) is 5.82. The van der Waals surface area contributed by atoms with Crippen molar-refractivity contribution in [2.24, 2.45) is 5.92 Å². The topological polar surface area (TPSA) is 36.4 Å². The lowest BCUT2D eigenvalue weighted by atomic mass is 10.1. The first kappa shape index (κ1) is 12.8. The lowest BCUT2D eigenvalue weighted by molar-refractivity contribution is 0.220. The molecule has 1 aromatic heterocycles. The molecule has 0 amide bonds. The van der Waals surface area contributed by atoms with Crippen LogP contribution in [0.3, 0.4) is 0 Å². The number of rotatable bonds is 4. The van der Waals surface area contributed by atoms with Gasteiger partial charge in [-0.25, -0.2) is 4.98 Å². The molecule has 1 aliphatic heterocycles. The highest BCUT2D eigenvalue weighted by Gasteiger charge is 2.22. The summed E-state index contributed by atoms with van der Waals surface area (Å²) in [5.41, 5.74) is 1.19. The zero-order valence-corrected chi connectivity index (χ0v) is 11.6. The van der Waals surface area contributed by atoms with Crippen LogP contribution < -0.4 is 0 Å². The number of hydrogen-bond donors (Lipinski definition) is 1. The van der Waals surface area contributed by atoms with Crippen molar-refractivity contribution in [2.45, 2.75) is 13.0 Å². The van der Waals surface area contributed by atoms with Gasteiger partial charge in [0.25, 0.3) is 0 Å². The average Bonchev–Trinajstić information content (AvgIpc) is 3.09. The zero-order valence-electron chi connectivity index (χ0n) is 10.8. The van der Waals surface area contributed by atoms with Crippen LogP contribution >= 0.6 is 11.3 Å². The maximum Gasteiger partial charge on any atom is 0.123 e. The van der Waals surface area contributed by atoms with Crippen molar-refractivity contribution in [3.63, 3.8) is 0 Å². The summed E-state index contributed by atoms with van der Waals surface area (Å²) in [7, 11) is 0. The maximum absolute atomic E-state index is 9.17. The van der Waals surface area contributed by atoms with Crippen molar-refractivity contribution in [2.75, 3.05) is 19.7 Å². The molecule has 1 saturated heterocycles. The Morgan fingerprint density at radius 2 is 2.16 bits per heavy atom. The molecule has 1 aliphatic rings. The minimum absolute atomic E-state index is 0.314. The first-order chi connectivity index (χ1) is 9.35. The van der Waals surface area contributed by atoms with Gasteiger partial charge in [0.15, 0.2) is 0 Å². The number of likely N-dealkylation sites (tertiary alicyclic amines) is 1. The van der Waals surface area contributed by atoms with Gasteiger partial charge in [-0.2, -0.15) is 0 Å². The Balaban J connectivity index is 1.66. The number of aromatic nitrogens is 1. The largest absolute Gasteiger partial charge is 0.396 e. The molecule has 1 aromatic carbocycles. The molecular formula is C15H18N2OS. The third-order valence-electron chi connectivity index (χ3n) is 3.58. The fraction of sp³-hybridized carbons (Fsp3) is 0.400. The van der Waals surface area contributed by atoms with E-state index >= 15 is 0 Å². The van der Waals surface area contributed by atoms with Gasteiger partial charge >= 0.3 is 0 Å². The lowest BCUT2D eigenvalue weighted by Gasteiger charge is -2.13. The molecule has 0 saturated carbocycles. The number of aliphatic hydroxyl groups excluding tert-OH is 1. The second-order valence-electron chi connectivity index (χ2n) is 5.07. The molecule has 0 bridgehead atoms. The number of thiazole rings is 1. The minimum atomic E-state index is 0.314. The van der Waals surface area contributed by atoms with Gasteiger partial charge in [-0.15, -0.1) is 11.3 Å². The number of nitrogens with zero attached hydrogens (tertiary/aromatic N) is 2. The third-order valence-corrected chi connectivity index (χ3v) is 4.61. The van der Waals surface area contributed by atoms with Gasteiger partial charge < -0.3 is 5.11 Å². The molecule has 0 radical (unpaired) electrons. The van der Waals surface area contributed by atoms with E-state index in [1.54, 1.807) is 11.3 Å². The lowest BCUT2D eigenvalue weighted by Crippen LogP contribution is -2.20. The predicted octanol–water partition coefficient (Wildman–Crippen LogP) is 2.62. The molecule has 4 heteroatoms. The highest BCUT2D eigenvalue weighted by atomic mass is 32.1. The maximum atomic E-state index is 9.17. The smallest absolute Gasteiger partial charge is 0.123 e. The SMILES string of the molecule is OCC1CCN(Cc2cnc(-c3ccccc3)s2)C1. The summed E-state index contributed by atoms with van der Waals surface area (Å²) in [5, 5.41) is 10.3. The second-order valence-corrected chi connectivity index (χ2v) is 6.19. The van der Waals surface area contributed by atoms with Crippen molar-refractivity contribution in [3.8, 4) is 10.6 Å². The summed E-state index contributed by atoms with van der Waals surface area (Å²) >= 11 is 1.77. The van der Waals surface area contributed by atoms with Crippen molar-refractivity contribution in [3.05, 3.63) is 41.4 Å². The fourth-order valence-corrected chi connectivity index (χ4v) is 3.48. The standard InChI is InChI=1S/C15H18N2OS/c18-11-12-6-7-17(9-12)10-14-8-16-15(19-14)13-4-2-1-3-5-13/h1-5,8,12,18H,6-7,9-11H2. The number of aliphatic hydroxyl groups is 1. The number of benzene rings is 1. The van der Waals surface area contributed by atoms with E-state index in [-0.39, 0.29) is 0 Å². The van der Waals surface area contributed by atoms with Gasteiger partial charge in [-0.3, -0.25) is 4.90 Å². The van der Waals surface area contributed by atoms with Crippen LogP contribution in [0.25, 0.3) is 10.6 Å². The Hall–Kier alpha value is -1.23. The molecule has 3 nitrogen and oxygen atoms in total. The molecule has 1 unspecified atom stereocenters. The highest BCUT2D eigenvalue weighted by molar-refractivity contribution is 7.15. The van der Waals surface area contributed by atoms with Crippen LogP contribution in [-0.2, 0) is 6.54 Å². The molecule has 19 heavy (non-hydrogen) atoms. The van der Waals surface area contributed by atoms with E-state index in [4.69, 9.17) is 5.11 Å². The fourth-order valence-electron chi connectivity index (χ4n) is 2.52. The molecule has 3 rings (SSSR count). The molecular weight excluding hydrogens is 256 g/mol. The average molecular weight is 274 g/mol. The minimum Gasteiger partial charge on any atom is -0.396 e. The van der Waals surface area contributed by atoms with Gasteiger partial charge in [0.1, 0.15) is 5.01 Å². The summed E-state index contributed by atoms with van der Waals surface area (Å²) in [6.07, 6.45) is 3.10. The molecule has 2 aromatic rings. The van der Waals surface area contributed by atoms with Crippen LogP contribution in [0.2, 0.25) is 0 Å². The van der Waals surface area contributed by atoms with Gasteiger partial charge in [0.05, 0.1) is 0 Å². The van der Waals surface area contributed by atoms with E-state index in [1.807, 2.05) is 24.4 Å². The van der Waals surface area contributed by atoms with Crippen LogP contribution in [0.1, 0.15) is 11.3 Å². The summed E-state index contributed by atoms with van der Waals surface area (Å²) in [6, 6.07) is 10.3.